The van der Waals surface area contributed by atoms with Crippen molar-refractivity contribution in [1.82, 2.24) is 16.0 Å². The molecule has 2 aromatic rings. The van der Waals surface area contributed by atoms with Crippen molar-refractivity contribution in [2.75, 3.05) is 0 Å². The van der Waals surface area contributed by atoms with Crippen LogP contribution in [0.15, 0.2) is 22.7 Å². The van der Waals surface area contributed by atoms with E-state index < -0.39 is 11.4 Å². The predicted molar refractivity (Wildman–Crippen MR) is 98.3 cm³/mol. The molecule has 2 amide bonds. The van der Waals surface area contributed by atoms with Gasteiger partial charge < -0.3 is 14.6 Å². The Kier molecular flexibility index (Phi) is 11.9. The Balaban J connectivity index is 0.00000392. The molecule has 0 fully saturated rings. The van der Waals surface area contributed by atoms with Crippen molar-refractivity contribution in [3.63, 3.8) is 0 Å². The number of aromatic nitrogens is 1. The number of nitrogens with one attached hydrogen (secondary N) is 2. The van der Waals surface area contributed by atoms with Gasteiger partial charge in [-0.3, -0.25) is 34.3 Å². The first-order valence-corrected chi connectivity index (χ1v) is 8.64. The first-order chi connectivity index (χ1) is 12.5. The van der Waals surface area contributed by atoms with Crippen molar-refractivity contribution >= 4 is 11.8 Å². The van der Waals surface area contributed by atoms with E-state index >= 15 is 0 Å². The molecule has 0 saturated heterocycles. The van der Waals surface area contributed by atoms with Gasteiger partial charge in [0.1, 0.15) is 11.7 Å². The Labute approximate surface area is 234 Å². The Hall–Kier alpha value is -0.202. The summed E-state index contributed by atoms with van der Waals surface area (Å²) >= 11 is 0. The Bertz CT molecular complexity index is 819. The normalized spacial score (nSPS) is 11.1. The summed E-state index contributed by atoms with van der Waals surface area (Å²) in [7, 11) is 0. The molecule has 0 atom stereocenters. The number of carbonyl (C=O) groups excluding carboxylic acids is 2. The summed E-state index contributed by atoms with van der Waals surface area (Å²) in [5.41, 5.74) is 2.18. The molecule has 0 unspecified atom stereocenters. The molecule has 1 radical (unpaired) electrons. The predicted octanol–water partition coefficient (Wildman–Crippen LogP) is -0.129. The number of hydroxylamine groups is 1. The average Bonchev–Trinajstić information content (AvgIpc) is 3.00. The summed E-state index contributed by atoms with van der Waals surface area (Å²) in [5, 5.41) is 15.3. The van der Waals surface area contributed by atoms with Crippen LogP contribution < -0.4 is 69.0 Å². The van der Waals surface area contributed by atoms with E-state index in [-0.39, 0.29) is 95.6 Å². The minimum atomic E-state index is -0.721. The molecule has 0 bridgehead atoms. The fourth-order valence-electron chi connectivity index (χ4n) is 3.30. The van der Waals surface area contributed by atoms with Gasteiger partial charge in [0, 0.05) is 38.4 Å². The van der Waals surface area contributed by atoms with Gasteiger partial charge in [0.2, 0.25) is 0 Å². The van der Waals surface area contributed by atoms with Gasteiger partial charge in [0.05, 0.1) is 0 Å². The third-order valence-electron chi connectivity index (χ3n) is 4.05. The third-order valence-corrected chi connectivity index (χ3v) is 4.05. The van der Waals surface area contributed by atoms with Crippen LogP contribution in [-0.4, -0.2) is 27.7 Å². The van der Waals surface area contributed by atoms with E-state index in [1.807, 2.05) is 34.6 Å². The summed E-state index contributed by atoms with van der Waals surface area (Å²) in [4.78, 5) is 23.8. The number of benzene rings is 1. The van der Waals surface area contributed by atoms with Gasteiger partial charge in [-0.15, -0.1) is 0 Å². The van der Waals surface area contributed by atoms with E-state index in [4.69, 9.17) is 9.73 Å². The molecule has 1 heterocycles. The van der Waals surface area contributed by atoms with Gasteiger partial charge in [0.25, 0.3) is 5.91 Å². The van der Waals surface area contributed by atoms with Crippen LogP contribution in [0.5, 0.6) is 0 Å². The molecule has 1 aromatic heterocycles. The van der Waals surface area contributed by atoms with Crippen molar-refractivity contribution < 1.29 is 97.9 Å². The van der Waals surface area contributed by atoms with Gasteiger partial charge >= 0.3 is 58.2 Å². The maximum atomic E-state index is 12.5. The Morgan fingerprint density at radius 1 is 1.17 bits per heavy atom. The fraction of sp³-hybridized carbons (Fsp3) is 0.450. The number of hydrogen-bond donors (Lipinski definition) is 3. The van der Waals surface area contributed by atoms with E-state index in [1.165, 1.54) is 11.5 Å². The smallest absolute Gasteiger partial charge is 0.397 e. The maximum Gasteiger partial charge on any atom is 1.00 e. The number of nitrogens with zero attached hydrogens (tertiary/aromatic N) is 1. The van der Waals surface area contributed by atoms with E-state index in [1.54, 1.807) is 12.1 Å². The number of hydrogen-bond acceptors (Lipinski definition) is 5. The second-order valence-electron chi connectivity index (χ2n) is 8.15. The zero-order valence-corrected chi connectivity index (χ0v) is 25.3. The molecule has 0 saturated carbocycles. The van der Waals surface area contributed by atoms with Crippen molar-refractivity contribution in [2.24, 2.45) is 5.41 Å². The molecule has 2 rings (SSSR count). The second-order valence-corrected chi connectivity index (χ2v) is 8.15. The van der Waals surface area contributed by atoms with Crippen LogP contribution in [0.1, 0.15) is 66.3 Å². The van der Waals surface area contributed by atoms with Crippen LogP contribution in [0.3, 0.4) is 0 Å². The van der Waals surface area contributed by atoms with E-state index in [0.29, 0.717) is 24.2 Å². The van der Waals surface area contributed by atoms with Crippen molar-refractivity contribution in [3.05, 3.63) is 52.9 Å². The molecule has 7 nitrogen and oxygen atoms in total. The number of aryl methyl sites for hydroxylation is 1. The SMILES string of the molecule is Cc1[c-]cc(C(=O)NC(C)(C)CC(C)(C)Cc2cc(C(=O)NO)no2)[c-]c1.[Rb+].[Re]. The molecule has 0 aliphatic heterocycles. The maximum absolute atomic E-state index is 12.5. The van der Waals surface area contributed by atoms with Gasteiger partial charge in [-0.2, -0.15) is 5.56 Å². The van der Waals surface area contributed by atoms with Gasteiger partial charge in [-0.05, 0) is 25.7 Å². The number of amides is 2. The zero-order valence-electron chi connectivity index (χ0n) is 17.6. The minimum absolute atomic E-state index is 0. The Morgan fingerprint density at radius 2 is 1.83 bits per heavy atom. The summed E-state index contributed by atoms with van der Waals surface area (Å²) in [6.45, 7) is 9.89. The standard InChI is InChI=1S/C20H25N3O4.Rb.Re/c1-13-6-8-14(9-7-13)17(24)21-20(4,5)12-19(2,3)11-15-10-16(23-27-15)18(25)22-26;;/h6,9-10,26H,11-12H2,1-5H3,(H,21,24)(H,22,25);;/q-2;+1;. The van der Waals surface area contributed by atoms with E-state index in [2.05, 4.69) is 22.6 Å². The minimum Gasteiger partial charge on any atom is -0.397 e. The van der Waals surface area contributed by atoms with Crippen LogP contribution in [0, 0.1) is 24.5 Å². The van der Waals surface area contributed by atoms with Gasteiger partial charge in [-0.1, -0.05) is 25.9 Å². The summed E-state index contributed by atoms with van der Waals surface area (Å²) in [5.74, 6) is -0.391. The molecule has 1 aromatic carbocycles. The largest absolute Gasteiger partial charge is 1.00 e. The molecule has 9 heteroatoms. The molecule has 3 N–H and O–H groups in total. The molecule has 0 aliphatic rings. The molecular formula is C20H25N3O4RbRe-. The fourth-order valence-corrected chi connectivity index (χ4v) is 3.30. The van der Waals surface area contributed by atoms with Crippen LogP contribution in [0.2, 0.25) is 0 Å². The summed E-state index contributed by atoms with van der Waals surface area (Å²) < 4.78 is 5.18. The summed E-state index contributed by atoms with van der Waals surface area (Å²) in [6, 6.07) is 10.8. The Morgan fingerprint density at radius 3 is 2.38 bits per heavy atom. The van der Waals surface area contributed by atoms with Crippen molar-refractivity contribution in [3.8, 4) is 0 Å². The average molecular weight is 643 g/mol. The zero-order chi connectivity index (χ0) is 20.2. The van der Waals surface area contributed by atoms with E-state index in [0.717, 1.165) is 5.56 Å². The molecule has 0 aliphatic carbocycles. The molecular weight excluding hydrogens is 618 g/mol. The first kappa shape index (κ1) is 28.8. The first-order valence-electron chi connectivity index (χ1n) is 8.64. The van der Waals surface area contributed by atoms with Crippen molar-refractivity contribution in [2.45, 2.75) is 53.0 Å². The van der Waals surface area contributed by atoms with Crippen LogP contribution >= 0.6 is 0 Å². The topological polar surface area (TPSA) is 104 Å². The quantitative estimate of drug-likeness (QED) is 0.222. The molecule has 0 spiro atoms. The number of carbonyl (C=O) groups is 2. The molecule has 153 valence electrons. The van der Waals surface area contributed by atoms with Crippen molar-refractivity contribution in [1.29, 1.82) is 0 Å². The number of rotatable bonds is 7. The third kappa shape index (κ3) is 9.22. The van der Waals surface area contributed by atoms with Gasteiger partial charge in [-0.25, -0.2) is 11.0 Å². The van der Waals surface area contributed by atoms with Crippen LogP contribution in [0.25, 0.3) is 0 Å². The van der Waals surface area contributed by atoms with Gasteiger partial charge in [0.15, 0.2) is 5.69 Å². The second kappa shape index (κ2) is 12.0. The monoisotopic (exact) mass is 643 g/mol. The summed E-state index contributed by atoms with van der Waals surface area (Å²) in [6.07, 6.45) is 1.17. The molecule has 29 heavy (non-hydrogen) atoms. The van der Waals surface area contributed by atoms with Crippen LogP contribution in [-0.2, 0) is 26.8 Å². The van der Waals surface area contributed by atoms with E-state index in [9.17, 15) is 9.59 Å². The van der Waals surface area contributed by atoms with Crippen LogP contribution in [0.4, 0.5) is 0 Å².